The van der Waals surface area contributed by atoms with Crippen LogP contribution >= 0.6 is 0 Å². The highest BCUT2D eigenvalue weighted by Crippen LogP contribution is 2.37. The third-order valence-corrected chi connectivity index (χ3v) is 4.33. The van der Waals surface area contributed by atoms with Crippen LogP contribution in [0.15, 0.2) is 6.33 Å². The second-order valence-corrected chi connectivity index (χ2v) is 5.96. The summed E-state index contributed by atoms with van der Waals surface area (Å²) in [6, 6.07) is 0.214. The Labute approximate surface area is 125 Å². The Bertz CT molecular complexity index is 423. The van der Waals surface area contributed by atoms with Crippen molar-refractivity contribution in [1.29, 1.82) is 0 Å². The average molecular weight is 300 g/mol. The van der Waals surface area contributed by atoms with Crippen molar-refractivity contribution in [2.24, 2.45) is 5.92 Å². The smallest absolute Gasteiger partial charge is 0.248 e. The monoisotopic (exact) mass is 300 g/mol. The van der Waals surface area contributed by atoms with Crippen molar-refractivity contribution in [2.45, 2.75) is 70.9 Å². The number of halogens is 2. The highest BCUT2D eigenvalue weighted by molar-refractivity contribution is 4.94. The lowest BCUT2D eigenvalue weighted by Gasteiger charge is -2.34. The number of hydrogen-bond donors (Lipinski definition) is 1. The van der Waals surface area contributed by atoms with Gasteiger partial charge < -0.3 is 5.32 Å². The fraction of sp³-hybridized carbons (Fsp3) is 0.867. The first kappa shape index (κ1) is 16.3. The summed E-state index contributed by atoms with van der Waals surface area (Å²) in [5, 5.41) is 7.71. The second kappa shape index (κ2) is 7.29. The molecule has 0 aliphatic heterocycles. The summed E-state index contributed by atoms with van der Waals surface area (Å²) in [7, 11) is 0. The van der Waals surface area contributed by atoms with Gasteiger partial charge in [0, 0.05) is 31.8 Å². The van der Waals surface area contributed by atoms with Crippen LogP contribution < -0.4 is 5.32 Å². The third kappa shape index (κ3) is 4.46. The molecule has 1 heterocycles. The molecule has 2 rings (SSSR count). The minimum atomic E-state index is -2.46. The lowest BCUT2D eigenvalue weighted by atomic mass is 9.81. The Morgan fingerprint density at radius 1 is 1.38 bits per heavy atom. The summed E-state index contributed by atoms with van der Waals surface area (Å²) in [6.45, 7) is 5.87. The first-order valence-corrected chi connectivity index (χ1v) is 8.03. The molecule has 1 aliphatic carbocycles. The lowest BCUT2D eigenvalue weighted by molar-refractivity contribution is -0.0495. The number of nitrogens with one attached hydrogen (secondary N) is 1. The van der Waals surface area contributed by atoms with Crippen LogP contribution in [0.3, 0.4) is 0 Å². The largest absolute Gasteiger partial charge is 0.314 e. The zero-order valence-corrected chi connectivity index (χ0v) is 13.0. The van der Waals surface area contributed by atoms with Gasteiger partial charge in [0.25, 0.3) is 0 Å². The molecule has 1 unspecified atom stereocenters. The number of alkyl halides is 2. The summed E-state index contributed by atoms with van der Waals surface area (Å²) >= 11 is 0. The predicted molar refractivity (Wildman–Crippen MR) is 78.4 cm³/mol. The van der Waals surface area contributed by atoms with E-state index in [-0.39, 0.29) is 18.9 Å². The van der Waals surface area contributed by atoms with Crippen molar-refractivity contribution in [2.75, 3.05) is 6.54 Å². The van der Waals surface area contributed by atoms with Crippen molar-refractivity contribution in [3.8, 4) is 0 Å². The van der Waals surface area contributed by atoms with Gasteiger partial charge in [-0.25, -0.2) is 13.8 Å². The van der Waals surface area contributed by atoms with E-state index in [4.69, 9.17) is 0 Å². The molecule has 1 aliphatic rings. The number of nitrogens with zero attached hydrogens (tertiary/aromatic N) is 3. The van der Waals surface area contributed by atoms with Crippen molar-refractivity contribution in [3.05, 3.63) is 12.2 Å². The molecule has 1 N–H and O–H groups in total. The van der Waals surface area contributed by atoms with Crippen LogP contribution in [0.5, 0.6) is 0 Å². The molecule has 0 saturated heterocycles. The lowest BCUT2D eigenvalue weighted by Crippen LogP contribution is -2.42. The van der Waals surface area contributed by atoms with E-state index in [9.17, 15) is 8.78 Å². The van der Waals surface area contributed by atoms with Gasteiger partial charge >= 0.3 is 0 Å². The Balaban J connectivity index is 2.00. The SMILES string of the molecule is CCCn1ncnc1CC(NCC)C1CCC(F)(F)CC1. The highest BCUT2D eigenvalue weighted by Gasteiger charge is 2.37. The quantitative estimate of drug-likeness (QED) is 0.841. The second-order valence-electron chi connectivity index (χ2n) is 5.96. The number of aryl methyl sites for hydroxylation is 1. The Morgan fingerprint density at radius 2 is 2.10 bits per heavy atom. The normalized spacial score (nSPS) is 20.6. The van der Waals surface area contributed by atoms with E-state index >= 15 is 0 Å². The number of likely N-dealkylation sites (N-methyl/N-ethyl adjacent to an activating group) is 1. The molecule has 1 aromatic heterocycles. The van der Waals surface area contributed by atoms with Crippen molar-refractivity contribution in [3.63, 3.8) is 0 Å². The van der Waals surface area contributed by atoms with E-state index in [1.54, 1.807) is 6.33 Å². The van der Waals surface area contributed by atoms with Crippen LogP contribution in [-0.2, 0) is 13.0 Å². The van der Waals surface area contributed by atoms with Gasteiger partial charge in [0.05, 0.1) is 0 Å². The molecule has 120 valence electrons. The van der Waals surface area contributed by atoms with E-state index < -0.39 is 5.92 Å². The molecule has 1 aromatic rings. The first-order valence-electron chi connectivity index (χ1n) is 8.03. The van der Waals surface area contributed by atoms with E-state index in [0.717, 1.165) is 31.8 Å². The van der Waals surface area contributed by atoms with Gasteiger partial charge in [0.1, 0.15) is 12.2 Å². The minimum Gasteiger partial charge on any atom is -0.314 e. The zero-order chi connectivity index (χ0) is 15.3. The molecule has 0 bridgehead atoms. The average Bonchev–Trinajstić information content (AvgIpc) is 2.86. The zero-order valence-electron chi connectivity index (χ0n) is 13.0. The molecule has 1 fully saturated rings. The van der Waals surface area contributed by atoms with Crippen LogP contribution in [0.4, 0.5) is 8.78 Å². The summed E-state index contributed by atoms with van der Waals surface area (Å²) in [5.41, 5.74) is 0. The van der Waals surface area contributed by atoms with Crippen molar-refractivity contribution < 1.29 is 8.78 Å². The van der Waals surface area contributed by atoms with Gasteiger partial charge in [-0.15, -0.1) is 0 Å². The van der Waals surface area contributed by atoms with E-state index in [1.807, 2.05) is 4.68 Å². The fourth-order valence-electron chi connectivity index (χ4n) is 3.17. The molecular weight excluding hydrogens is 274 g/mol. The van der Waals surface area contributed by atoms with Gasteiger partial charge in [-0.1, -0.05) is 13.8 Å². The maximum atomic E-state index is 13.3. The predicted octanol–water partition coefficient (Wildman–Crippen LogP) is 3.03. The number of rotatable bonds is 7. The van der Waals surface area contributed by atoms with E-state index in [2.05, 4.69) is 29.2 Å². The third-order valence-electron chi connectivity index (χ3n) is 4.33. The van der Waals surface area contributed by atoms with Gasteiger partial charge in [0.2, 0.25) is 5.92 Å². The van der Waals surface area contributed by atoms with Crippen LogP contribution in [0.2, 0.25) is 0 Å². The maximum Gasteiger partial charge on any atom is 0.248 e. The Morgan fingerprint density at radius 3 is 2.71 bits per heavy atom. The number of hydrogen-bond acceptors (Lipinski definition) is 3. The van der Waals surface area contributed by atoms with Crippen LogP contribution in [0.1, 0.15) is 51.8 Å². The molecular formula is C15H26F2N4. The molecule has 21 heavy (non-hydrogen) atoms. The van der Waals surface area contributed by atoms with E-state index in [0.29, 0.717) is 18.8 Å². The van der Waals surface area contributed by atoms with Crippen molar-refractivity contribution in [1.82, 2.24) is 20.1 Å². The molecule has 0 aromatic carbocycles. The summed E-state index contributed by atoms with van der Waals surface area (Å²) in [5.74, 6) is -1.20. The van der Waals surface area contributed by atoms with Crippen LogP contribution in [0.25, 0.3) is 0 Å². The van der Waals surface area contributed by atoms with Gasteiger partial charge in [-0.2, -0.15) is 5.10 Å². The van der Waals surface area contributed by atoms with Crippen LogP contribution in [0, 0.1) is 5.92 Å². The van der Waals surface area contributed by atoms with Crippen molar-refractivity contribution >= 4 is 0 Å². The standard InChI is InChI=1S/C15H26F2N4/c1-3-9-21-14(19-11-20-21)10-13(18-4-2)12-5-7-15(16,17)8-6-12/h11-13,18H,3-10H2,1-2H3. The summed E-state index contributed by atoms with van der Waals surface area (Å²) in [4.78, 5) is 4.34. The van der Waals surface area contributed by atoms with Gasteiger partial charge in [0.15, 0.2) is 0 Å². The highest BCUT2D eigenvalue weighted by atomic mass is 19.3. The van der Waals surface area contributed by atoms with Gasteiger partial charge in [-0.05, 0) is 31.7 Å². The molecule has 6 heteroatoms. The molecule has 1 saturated carbocycles. The molecule has 0 radical (unpaired) electrons. The maximum absolute atomic E-state index is 13.3. The molecule has 0 amide bonds. The Hall–Kier alpha value is -1.04. The Kier molecular flexibility index (Phi) is 5.67. The summed E-state index contributed by atoms with van der Waals surface area (Å²) < 4.78 is 28.6. The van der Waals surface area contributed by atoms with Crippen LogP contribution in [-0.4, -0.2) is 33.3 Å². The number of aromatic nitrogens is 3. The first-order chi connectivity index (χ1) is 10.1. The summed E-state index contributed by atoms with van der Waals surface area (Å²) in [6.07, 6.45) is 4.58. The van der Waals surface area contributed by atoms with E-state index in [1.165, 1.54) is 0 Å². The molecule has 1 atom stereocenters. The topological polar surface area (TPSA) is 42.7 Å². The molecule has 4 nitrogen and oxygen atoms in total. The molecule has 0 spiro atoms. The minimum absolute atomic E-state index is 0.0151. The fourth-order valence-corrected chi connectivity index (χ4v) is 3.17. The van der Waals surface area contributed by atoms with Gasteiger partial charge in [-0.3, -0.25) is 4.68 Å².